The molecule has 1 atom stereocenters. The fraction of sp³-hybridized carbons (Fsp3) is 0.364. The van der Waals surface area contributed by atoms with Gasteiger partial charge in [-0.15, -0.1) is 6.58 Å². The normalized spacial score (nSPS) is 12.9. The van der Waals surface area contributed by atoms with Crippen molar-refractivity contribution >= 4 is 44.5 Å². The van der Waals surface area contributed by atoms with E-state index in [1.807, 2.05) is 78.5 Å². The Balaban J connectivity index is 0.000000594. The van der Waals surface area contributed by atoms with E-state index in [0.29, 0.717) is 0 Å². The van der Waals surface area contributed by atoms with Gasteiger partial charge in [-0.3, -0.25) is 0 Å². The van der Waals surface area contributed by atoms with E-state index in [4.69, 9.17) is 16.5 Å². The average molecular weight is 511 g/mol. The maximum atomic E-state index is 6.11. The van der Waals surface area contributed by atoms with E-state index in [0.717, 1.165) is 0 Å². The SMILES string of the molecule is C=C[SiH](O[SiH2]O[Si](C)(C)O[Si](C)(C)C)O[Si](C)(C)C.c1ccccc1.c1ccccc1. The van der Waals surface area contributed by atoms with Gasteiger partial charge in [-0.25, -0.2) is 0 Å². The summed E-state index contributed by atoms with van der Waals surface area (Å²) in [4.78, 5) is 0. The molecule has 1 unspecified atom stereocenters. The third-order valence-corrected chi connectivity index (χ3v) is 16.9. The minimum absolute atomic E-state index is 1.04. The summed E-state index contributed by atoms with van der Waals surface area (Å²) in [6.07, 6.45) is 0. The summed E-state index contributed by atoms with van der Waals surface area (Å²) in [7, 11) is -7.92. The number of rotatable bonds is 9. The quantitative estimate of drug-likeness (QED) is 0.403. The van der Waals surface area contributed by atoms with E-state index in [2.05, 4.69) is 59.0 Å². The van der Waals surface area contributed by atoms with Crippen LogP contribution in [0.5, 0.6) is 0 Å². The summed E-state index contributed by atoms with van der Waals surface area (Å²) in [6, 6.07) is 24.0. The van der Waals surface area contributed by atoms with Gasteiger partial charge in [-0.1, -0.05) is 78.5 Å². The first-order valence-electron chi connectivity index (χ1n) is 10.6. The lowest BCUT2D eigenvalue weighted by atomic mass is 10.4. The van der Waals surface area contributed by atoms with Gasteiger partial charge in [-0.2, -0.15) is 0 Å². The zero-order valence-electron chi connectivity index (χ0n) is 20.6. The van der Waals surface area contributed by atoms with E-state index in [1.54, 1.807) is 0 Å². The molecule has 0 bridgehead atoms. The second-order valence-electron chi connectivity index (χ2n) is 9.19. The molecule has 0 fully saturated rings. The molecule has 0 saturated carbocycles. The first-order valence-corrected chi connectivity index (χ1v) is 23.0. The van der Waals surface area contributed by atoms with Crippen molar-refractivity contribution < 1.29 is 16.5 Å². The Bertz CT molecular complexity index is 589. The maximum Gasteiger partial charge on any atom is 0.328 e. The van der Waals surface area contributed by atoms with Crippen molar-refractivity contribution in [1.29, 1.82) is 0 Å². The standard InChI is InChI=1S/C10H30O4Si5.2C6H6/c1-10-16(13-17(2,3)4)11-15-12-19(8,9)14-18(5,6)7;2*1-2-4-6-5-3-1/h10,16H,1,15H2,2-9H3;2*1-6H. The zero-order valence-corrected chi connectivity index (χ0v) is 26.2. The molecule has 0 saturated heterocycles. The predicted molar refractivity (Wildman–Crippen MR) is 147 cm³/mol. The zero-order chi connectivity index (χ0) is 23.8. The summed E-state index contributed by atoms with van der Waals surface area (Å²) in [5.41, 5.74) is 1.84. The minimum atomic E-state index is -2.03. The molecule has 9 heteroatoms. The van der Waals surface area contributed by atoms with Crippen LogP contribution in [0.1, 0.15) is 0 Å². The number of hydrogen-bond acceptors (Lipinski definition) is 4. The van der Waals surface area contributed by atoms with E-state index in [1.165, 1.54) is 0 Å². The Morgan fingerprint density at radius 1 is 0.645 bits per heavy atom. The molecule has 0 aromatic heterocycles. The van der Waals surface area contributed by atoms with Crippen molar-refractivity contribution in [3.05, 3.63) is 85.1 Å². The van der Waals surface area contributed by atoms with Gasteiger partial charge in [0.2, 0.25) is 0 Å². The van der Waals surface area contributed by atoms with Crippen molar-refractivity contribution in [1.82, 2.24) is 0 Å². The Morgan fingerprint density at radius 3 is 1.26 bits per heavy atom. The third kappa shape index (κ3) is 22.1. The van der Waals surface area contributed by atoms with Gasteiger partial charge in [0, 0.05) is 0 Å². The van der Waals surface area contributed by atoms with Crippen LogP contribution >= 0.6 is 0 Å². The van der Waals surface area contributed by atoms with Crippen molar-refractivity contribution in [2.45, 2.75) is 52.4 Å². The molecule has 2 rings (SSSR count). The van der Waals surface area contributed by atoms with Gasteiger partial charge in [0.15, 0.2) is 16.6 Å². The summed E-state index contributed by atoms with van der Waals surface area (Å²) in [5, 5.41) is 0. The van der Waals surface area contributed by atoms with Crippen LogP contribution in [0.2, 0.25) is 52.4 Å². The van der Waals surface area contributed by atoms with E-state index in [9.17, 15) is 0 Å². The Hall–Kier alpha value is -0.896. The molecule has 0 spiro atoms. The largest absolute Gasteiger partial charge is 0.437 e. The van der Waals surface area contributed by atoms with Crippen LogP contribution in [-0.2, 0) is 16.5 Å². The molecular formula is C22H42O4Si5. The second-order valence-corrected chi connectivity index (χ2v) is 26.1. The van der Waals surface area contributed by atoms with Gasteiger partial charge in [0.05, 0.1) is 0 Å². The molecule has 0 heterocycles. The third-order valence-electron chi connectivity index (χ3n) is 3.19. The molecule has 4 nitrogen and oxygen atoms in total. The van der Waals surface area contributed by atoms with Crippen LogP contribution in [-0.4, -0.2) is 44.5 Å². The summed E-state index contributed by atoms with van der Waals surface area (Å²) in [6.45, 7) is 21.0. The van der Waals surface area contributed by atoms with Crippen molar-refractivity contribution in [3.63, 3.8) is 0 Å². The van der Waals surface area contributed by atoms with Crippen LogP contribution in [0.15, 0.2) is 85.1 Å². The monoisotopic (exact) mass is 510 g/mol. The van der Waals surface area contributed by atoms with Gasteiger partial charge < -0.3 is 16.5 Å². The highest BCUT2D eigenvalue weighted by molar-refractivity contribution is 6.83. The van der Waals surface area contributed by atoms with E-state index >= 15 is 0 Å². The molecule has 2 aromatic rings. The first kappa shape index (κ1) is 30.1. The van der Waals surface area contributed by atoms with Crippen LogP contribution < -0.4 is 0 Å². The first-order chi connectivity index (χ1) is 14.3. The average Bonchev–Trinajstić information content (AvgIpc) is 2.68. The highest BCUT2D eigenvalue weighted by Gasteiger charge is 2.31. The molecular weight excluding hydrogens is 469 g/mol. The smallest absolute Gasteiger partial charge is 0.328 e. The number of benzene rings is 2. The lowest BCUT2D eigenvalue weighted by molar-refractivity contribution is 0.352. The molecule has 0 aliphatic rings. The molecule has 0 aliphatic heterocycles. The fourth-order valence-electron chi connectivity index (χ4n) is 2.28. The molecule has 0 N–H and O–H groups in total. The van der Waals surface area contributed by atoms with Crippen molar-refractivity contribution in [3.8, 4) is 0 Å². The lowest BCUT2D eigenvalue weighted by Gasteiger charge is -2.31. The summed E-state index contributed by atoms with van der Waals surface area (Å²) < 4.78 is 23.9. The minimum Gasteiger partial charge on any atom is -0.437 e. The maximum absolute atomic E-state index is 6.11. The van der Waals surface area contributed by atoms with Crippen LogP contribution in [0, 0.1) is 0 Å². The fourth-order valence-corrected chi connectivity index (χ4v) is 16.1. The Labute approximate surface area is 198 Å². The van der Waals surface area contributed by atoms with E-state index < -0.39 is 44.5 Å². The Morgan fingerprint density at radius 2 is 1.00 bits per heavy atom. The van der Waals surface area contributed by atoms with Crippen LogP contribution in [0.4, 0.5) is 0 Å². The molecule has 0 amide bonds. The number of hydrogen-bond donors (Lipinski definition) is 0. The van der Waals surface area contributed by atoms with Crippen molar-refractivity contribution in [2.24, 2.45) is 0 Å². The Kier molecular flexibility index (Phi) is 15.4. The van der Waals surface area contributed by atoms with Gasteiger partial charge in [-0.05, 0) is 52.4 Å². The lowest BCUT2D eigenvalue weighted by Crippen LogP contribution is -2.46. The molecule has 174 valence electrons. The molecule has 2 aromatic carbocycles. The highest BCUT2D eigenvalue weighted by atomic mass is 28.5. The molecule has 0 radical (unpaired) electrons. The van der Waals surface area contributed by atoms with Crippen molar-refractivity contribution in [2.75, 3.05) is 0 Å². The summed E-state index contributed by atoms with van der Waals surface area (Å²) in [5.74, 6) is 0. The molecule has 31 heavy (non-hydrogen) atoms. The predicted octanol–water partition coefficient (Wildman–Crippen LogP) is 5.74. The second kappa shape index (κ2) is 15.8. The van der Waals surface area contributed by atoms with Gasteiger partial charge in [0.1, 0.15) is 0 Å². The van der Waals surface area contributed by atoms with Crippen LogP contribution in [0.3, 0.4) is 0 Å². The topological polar surface area (TPSA) is 36.9 Å². The van der Waals surface area contributed by atoms with Gasteiger partial charge in [0.25, 0.3) is 10.0 Å². The van der Waals surface area contributed by atoms with E-state index in [-0.39, 0.29) is 0 Å². The summed E-state index contributed by atoms with van der Waals surface area (Å²) >= 11 is 0. The van der Waals surface area contributed by atoms with Gasteiger partial charge >= 0.3 is 17.8 Å². The highest BCUT2D eigenvalue weighted by Crippen LogP contribution is 2.15. The molecule has 0 aliphatic carbocycles. The van der Waals surface area contributed by atoms with Crippen LogP contribution in [0.25, 0.3) is 0 Å².